The standard InChI is InChI=1S/C14H21N/c1-15-7-3-4-11(10-15)8-12-5-2-6-13-9-14(12)13/h2,5-6,11,13-14H,3-4,7-10H2,1H3. The van der Waals surface area contributed by atoms with Crippen LogP contribution in [-0.4, -0.2) is 25.0 Å². The van der Waals surface area contributed by atoms with E-state index in [4.69, 9.17) is 0 Å². The average molecular weight is 203 g/mol. The highest BCUT2D eigenvalue weighted by Gasteiger charge is 2.39. The van der Waals surface area contributed by atoms with Crippen molar-refractivity contribution < 1.29 is 0 Å². The second-order valence-electron chi connectivity index (χ2n) is 5.61. The molecule has 2 aliphatic carbocycles. The quantitative estimate of drug-likeness (QED) is 0.667. The summed E-state index contributed by atoms with van der Waals surface area (Å²) in [6.45, 7) is 2.62. The minimum atomic E-state index is 0.923. The lowest BCUT2D eigenvalue weighted by atomic mass is 9.88. The largest absolute Gasteiger partial charge is 0.306 e. The number of nitrogens with zero attached hydrogens (tertiary/aromatic N) is 1. The van der Waals surface area contributed by atoms with Crippen molar-refractivity contribution >= 4 is 0 Å². The highest BCUT2D eigenvalue weighted by atomic mass is 15.1. The summed E-state index contributed by atoms with van der Waals surface area (Å²) in [5.41, 5.74) is 1.75. The molecule has 1 saturated carbocycles. The summed E-state index contributed by atoms with van der Waals surface area (Å²) in [6.07, 6.45) is 12.7. The highest BCUT2D eigenvalue weighted by molar-refractivity contribution is 5.30. The van der Waals surface area contributed by atoms with Gasteiger partial charge in [0.25, 0.3) is 0 Å². The van der Waals surface area contributed by atoms with Gasteiger partial charge in [0, 0.05) is 6.54 Å². The fraction of sp³-hybridized carbons (Fsp3) is 0.714. The van der Waals surface area contributed by atoms with Crippen LogP contribution in [0.15, 0.2) is 23.8 Å². The van der Waals surface area contributed by atoms with E-state index in [1.54, 1.807) is 5.57 Å². The van der Waals surface area contributed by atoms with Crippen LogP contribution in [-0.2, 0) is 0 Å². The van der Waals surface area contributed by atoms with Crippen molar-refractivity contribution in [2.45, 2.75) is 25.7 Å². The molecule has 2 fully saturated rings. The van der Waals surface area contributed by atoms with Gasteiger partial charge in [-0.15, -0.1) is 0 Å². The van der Waals surface area contributed by atoms with Crippen molar-refractivity contribution in [3.63, 3.8) is 0 Å². The summed E-state index contributed by atoms with van der Waals surface area (Å²) in [5, 5.41) is 0. The van der Waals surface area contributed by atoms with Gasteiger partial charge in [0.15, 0.2) is 0 Å². The van der Waals surface area contributed by atoms with Crippen molar-refractivity contribution in [2.24, 2.45) is 17.8 Å². The predicted molar refractivity (Wildman–Crippen MR) is 63.7 cm³/mol. The Morgan fingerprint density at radius 1 is 1.47 bits per heavy atom. The van der Waals surface area contributed by atoms with Crippen molar-refractivity contribution in [3.8, 4) is 0 Å². The molecule has 3 rings (SSSR count). The van der Waals surface area contributed by atoms with Gasteiger partial charge in [0.05, 0.1) is 0 Å². The van der Waals surface area contributed by atoms with Gasteiger partial charge in [-0.05, 0) is 57.0 Å². The van der Waals surface area contributed by atoms with Crippen LogP contribution in [0.1, 0.15) is 25.7 Å². The third-order valence-corrected chi connectivity index (χ3v) is 4.23. The maximum Gasteiger partial charge on any atom is 0.000968 e. The van der Waals surface area contributed by atoms with Crippen LogP contribution in [0, 0.1) is 17.8 Å². The topological polar surface area (TPSA) is 3.24 Å². The zero-order valence-corrected chi connectivity index (χ0v) is 9.65. The molecule has 0 bridgehead atoms. The molecule has 0 N–H and O–H groups in total. The normalized spacial score (nSPS) is 39.8. The molecule has 82 valence electrons. The van der Waals surface area contributed by atoms with Gasteiger partial charge < -0.3 is 4.90 Å². The van der Waals surface area contributed by atoms with E-state index in [9.17, 15) is 0 Å². The van der Waals surface area contributed by atoms with Crippen LogP contribution in [0.4, 0.5) is 0 Å². The van der Waals surface area contributed by atoms with Crippen LogP contribution in [0.3, 0.4) is 0 Å². The molecule has 3 atom stereocenters. The first kappa shape index (κ1) is 9.65. The molecule has 0 radical (unpaired) electrons. The molecular weight excluding hydrogens is 182 g/mol. The first-order valence-corrected chi connectivity index (χ1v) is 6.39. The summed E-state index contributed by atoms with van der Waals surface area (Å²) < 4.78 is 0. The third kappa shape index (κ3) is 2.03. The number of piperidine rings is 1. The van der Waals surface area contributed by atoms with E-state index >= 15 is 0 Å². The molecule has 0 aromatic carbocycles. The Morgan fingerprint density at radius 2 is 2.40 bits per heavy atom. The second kappa shape index (κ2) is 3.79. The summed E-state index contributed by atoms with van der Waals surface area (Å²) in [5.74, 6) is 2.80. The van der Waals surface area contributed by atoms with E-state index in [0.717, 1.165) is 17.8 Å². The molecule has 1 saturated heterocycles. The van der Waals surface area contributed by atoms with Crippen LogP contribution in [0.25, 0.3) is 0 Å². The van der Waals surface area contributed by atoms with Crippen LogP contribution in [0.2, 0.25) is 0 Å². The number of hydrogen-bond donors (Lipinski definition) is 0. The Labute approximate surface area is 92.8 Å². The lowest BCUT2D eigenvalue weighted by Crippen LogP contribution is -2.32. The monoisotopic (exact) mass is 203 g/mol. The highest BCUT2D eigenvalue weighted by Crippen LogP contribution is 2.49. The van der Waals surface area contributed by atoms with Crippen molar-refractivity contribution in [2.75, 3.05) is 20.1 Å². The molecule has 15 heavy (non-hydrogen) atoms. The van der Waals surface area contributed by atoms with Gasteiger partial charge in [-0.25, -0.2) is 0 Å². The summed E-state index contributed by atoms with van der Waals surface area (Å²) >= 11 is 0. The van der Waals surface area contributed by atoms with E-state index < -0.39 is 0 Å². The van der Waals surface area contributed by atoms with Crippen LogP contribution >= 0.6 is 0 Å². The van der Waals surface area contributed by atoms with E-state index in [1.165, 1.54) is 38.8 Å². The zero-order chi connectivity index (χ0) is 10.3. The number of allylic oxidation sites excluding steroid dienone is 4. The van der Waals surface area contributed by atoms with Crippen molar-refractivity contribution in [1.82, 2.24) is 4.90 Å². The lowest BCUT2D eigenvalue weighted by molar-refractivity contribution is 0.208. The zero-order valence-electron chi connectivity index (χ0n) is 9.65. The molecule has 3 unspecified atom stereocenters. The van der Waals surface area contributed by atoms with E-state index in [-0.39, 0.29) is 0 Å². The third-order valence-electron chi connectivity index (χ3n) is 4.23. The van der Waals surface area contributed by atoms with E-state index in [1.807, 2.05) is 0 Å². The lowest BCUT2D eigenvalue weighted by Gasteiger charge is -2.30. The number of rotatable bonds is 2. The first-order chi connectivity index (χ1) is 7.33. The second-order valence-corrected chi connectivity index (χ2v) is 5.61. The fourth-order valence-electron chi connectivity index (χ4n) is 3.29. The molecule has 1 heteroatoms. The molecule has 0 aromatic rings. The van der Waals surface area contributed by atoms with Gasteiger partial charge in [0.2, 0.25) is 0 Å². The minimum Gasteiger partial charge on any atom is -0.306 e. The Bertz CT molecular complexity index is 302. The van der Waals surface area contributed by atoms with Crippen molar-refractivity contribution in [3.05, 3.63) is 23.8 Å². The Hall–Kier alpha value is -0.560. The molecule has 1 nitrogen and oxygen atoms in total. The van der Waals surface area contributed by atoms with Gasteiger partial charge in [0.1, 0.15) is 0 Å². The smallest absolute Gasteiger partial charge is 0.000968 e. The number of hydrogen-bond acceptors (Lipinski definition) is 1. The van der Waals surface area contributed by atoms with E-state index in [2.05, 4.69) is 30.2 Å². The molecule has 1 aliphatic heterocycles. The predicted octanol–water partition coefficient (Wildman–Crippen LogP) is 2.85. The molecule has 0 aromatic heterocycles. The molecule has 0 spiro atoms. The summed E-state index contributed by atoms with van der Waals surface area (Å²) in [4.78, 5) is 2.50. The Morgan fingerprint density at radius 3 is 3.27 bits per heavy atom. The first-order valence-electron chi connectivity index (χ1n) is 6.39. The van der Waals surface area contributed by atoms with Gasteiger partial charge >= 0.3 is 0 Å². The summed E-state index contributed by atoms with van der Waals surface area (Å²) in [7, 11) is 2.27. The van der Waals surface area contributed by atoms with Gasteiger partial charge in [-0.3, -0.25) is 0 Å². The average Bonchev–Trinajstić information content (AvgIpc) is 2.97. The molecule has 3 aliphatic rings. The number of likely N-dealkylation sites (tertiary alicyclic amines) is 1. The van der Waals surface area contributed by atoms with Crippen LogP contribution in [0.5, 0.6) is 0 Å². The van der Waals surface area contributed by atoms with E-state index in [0.29, 0.717) is 0 Å². The molecular formula is C14H21N. The molecule has 0 amide bonds. The fourth-order valence-corrected chi connectivity index (χ4v) is 3.29. The van der Waals surface area contributed by atoms with Gasteiger partial charge in [-0.1, -0.05) is 23.8 Å². The van der Waals surface area contributed by atoms with Crippen molar-refractivity contribution in [1.29, 1.82) is 0 Å². The maximum atomic E-state index is 2.50. The minimum absolute atomic E-state index is 0.923. The summed E-state index contributed by atoms with van der Waals surface area (Å²) in [6, 6.07) is 0. The SMILES string of the molecule is CN1CCCC(CC2=CC=CC3CC23)C1. The Balaban J connectivity index is 1.60. The molecule has 1 heterocycles. The van der Waals surface area contributed by atoms with Gasteiger partial charge in [-0.2, -0.15) is 0 Å². The maximum absolute atomic E-state index is 2.50. The number of fused-ring (bicyclic) bond motifs is 1. The Kier molecular flexibility index (Phi) is 2.44. The van der Waals surface area contributed by atoms with Crippen LogP contribution < -0.4 is 0 Å².